The summed E-state index contributed by atoms with van der Waals surface area (Å²) in [5, 5.41) is 2.61. The van der Waals surface area contributed by atoms with Gasteiger partial charge in [-0.1, -0.05) is 36.4 Å². The maximum Gasteiger partial charge on any atom is 0.241 e. The zero-order chi connectivity index (χ0) is 18.4. The minimum atomic E-state index is -3.65. The Hall–Kier alpha value is -2.18. The molecule has 0 spiro atoms. The van der Waals surface area contributed by atoms with E-state index in [1.54, 1.807) is 19.1 Å². The van der Waals surface area contributed by atoms with Gasteiger partial charge in [0.25, 0.3) is 0 Å². The summed E-state index contributed by atoms with van der Waals surface area (Å²) in [6, 6.07) is 14.6. The van der Waals surface area contributed by atoms with Gasteiger partial charge in [0.1, 0.15) is 0 Å². The normalized spacial score (nSPS) is 12.6. The third-order valence-corrected chi connectivity index (χ3v) is 5.59. The van der Waals surface area contributed by atoms with Gasteiger partial charge in [-0.15, -0.1) is 0 Å². The molecule has 1 amide bonds. The molecule has 2 aromatic rings. The first-order chi connectivity index (χ1) is 11.8. The van der Waals surface area contributed by atoms with Gasteiger partial charge < -0.3 is 5.32 Å². The lowest BCUT2D eigenvalue weighted by atomic mass is 10.1. The summed E-state index contributed by atoms with van der Waals surface area (Å²) in [6.45, 7) is 4.98. The molecule has 0 saturated heterocycles. The second kappa shape index (κ2) is 8.27. The lowest BCUT2D eigenvalue weighted by Gasteiger charge is -2.16. The maximum absolute atomic E-state index is 12.7. The van der Waals surface area contributed by atoms with Crippen molar-refractivity contribution in [1.82, 2.24) is 4.72 Å². The van der Waals surface area contributed by atoms with E-state index in [2.05, 4.69) is 10.0 Å². The van der Waals surface area contributed by atoms with E-state index < -0.39 is 10.0 Å². The van der Waals surface area contributed by atoms with E-state index in [0.717, 1.165) is 6.42 Å². The van der Waals surface area contributed by atoms with Crippen LogP contribution in [0.2, 0.25) is 0 Å². The van der Waals surface area contributed by atoms with Gasteiger partial charge in [-0.2, -0.15) is 0 Å². The second-order valence-corrected chi connectivity index (χ2v) is 7.89. The van der Waals surface area contributed by atoms with Crippen molar-refractivity contribution in [2.24, 2.45) is 0 Å². The predicted molar refractivity (Wildman–Crippen MR) is 100 cm³/mol. The number of carbonyl (C=O) groups excluding carboxylic acids is 1. The van der Waals surface area contributed by atoms with E-state index in [-0.39, 0.29) is 16.8 Å². The van der Waals surface area contributed by atoms with Crippen LogP contribution in [0.5, 0.6) is 0 Å². The van der Waals surface area contributed by atoms with Crippen LogP contribution in [-0.4, -0.2) is 20.4 Å². The minimum Gasteiger partial charge on any atom is -0.326 e. The Kier molecular flexibility index (Phi) is 6.33. The number of benzene rings is 2. The highest BCUT2D eigenvalue weighted by molar-refractivity contribution is 7.89. The van der Waals surface area contributed by atoms with E-state index in [0.29, 0.717) is 17.7 Å². The number of hydrogen-bond donors (Lipinski definition) is 2. The molecule has 0 heterocycles. The summed E-state index contributed by atoms with van der Waals surface area (Å²) < 4.78 is 28.1. The number of nitrogens with one attached hydrogen (secondary N) is 2. The van der Waals surface area contributed by atoms with Gasteiger partial charge in [0.15, 0.2) is 0 Å². The van der Waals surface area contributed by atoms with Gasteiger partial charge in [0, 0.05) is 18.7 Å². The summed E-state index contributed by atoms with van der Waals surface area (Å²) in [4.78, 5) is 11.4. The van der Waals surface area contributed by atoms with Crippen LogP contribution in [0.15, 0.2) is 53.4 Å². The molecule has 0 aromatic heterocycles. The van der Waals surface area contributed by atoms with Crippen molar-refractivity contribution >= 4 is 21.6 Å². The third kappa shape index (κ3) is 5.69. The topological polar surface area (TPSA) is 75.3 Å². The molecule has 5 nitrogen and oxygen atoms in total. The number of aryl methyl sites for hydroxylation is 2. The first-order valence-corrected chi connectivity index (χ1v) is 9.71. The Morgan fingerprint density at radius 3 is 2.44 bits per heavy atom. The first kappa shape index (κ1) is 19.1. The molecule has 2 rings (SSSR count). The summed E-state index contributed by atoms with van der Waals surface area (Å²) in [5.41, 5.74) is 2.28. The van der Waals surface area contributed by atoms with E-state index in [4.69, 9.17) is 0 Å². The largest absolute Gasteiger partial charge is 0.326 e. The lowest BCUT2D eigenvalue weighted by molar-refractivity contribution is -0.114. The molecule has 134 valence electrons. The van der Waals surface area contributed by atoms with Crippen molar-refractivity contribution in [1.29, 1.82) is 0 Å². The van der Waals surface area contributed by atoms with Crippen molar-refractivity contribution < 1.29 is 13.2 Å². The molecular weight excluding hydrogens is 336 g/mol. The molecule has 25 heavy (non-hydrogen) atoms. The molecule has 0 aliphatic rings. The highest BCUT2D eigenvalue weighted by Gasteiger charge is 2.20. The van der Waals surface area contributed by atoms with Gasteiger partial charge in [-0.3, -0.25) is 4.79 Å². The average Bonchev–Trinajstić information content (AvgIpc) is 2.55. The van der Waals surface area contributed by atoms with E-state index >= 15 is 0 Å². The smallest absolute Gasteiger partial charge is 0.241 e. The number of anilines is 1. The fraction of sp³-hybridized carbons (Fsp3) is 0.316. The van der Waals surface area contributed by atoms with Crippen molar-refractivity contribution in [2.45, 2.75) is 44.6 Å². The number of amides is 1. The molecule has 1 unspecified atom stereocenters. The molecule has 1 atom stereocenters. The molecule has 0 radical (unpaired) electrons. The highest BCUT2D eigenvalue weighted by Crippen LogP contribution is 2.21. The van der Waals surface area contributed by atoms with Crippen LogP contribution in [0.25, 0.3) is 0 Å². The molecule has 0 bridgehead atoms. The van der Waals surface area contributed by atoms with Gasteiger partial charge >= 0.3 is 0 Å². The van der Waals surface area contributed by atoms with Crippen LogP contribution in [0.1, 0.15) is 31.4 Å². The number of hydrogen-bond acceptors (Lipinski definition) is 3. The van der Waals surface area contributed by atoms with Gasteiger partial charge in [-0.25, -0.2) is 13.1 Å². The summed E-state index contributed by atoms with van der Waals surface area (Å²) in [6.07, 6.45) is 1.50. The average molecular weight is 360 g/mol. The Balaban J connectivity index is 2.08. The van der Waals surface area contributed by atoms with E-state index in [1.807, 2.05) is 37.3 Å². The molecular formula is C19H24N2O3S. The van der Waals surface area contributed by atoms with Crippen LogP contribution >= 0.6 is 0 Å². The van der Waals surface area contributed by atoms with Crippen molar-refractivity contribution in [3.63, 3.8) is 0 Å². The number of rotatable bonds is 7. The first-order valence-electron chi connectivity index (χ1n) is 8.22. The fourth-order valence-electron chi connectivity index (χ4n) is 2.59. The second-order valence-electron chi connectivity index (χ2n) is 6.21. The molecule has 6 heteroatoms. The number of carbonyl (C=O) groups is 1. The molecule has 0 aliphatic heterocycles. The van der Waals surface area contributed by atoms with Gasteiger partial charge in [-0.05, 0) is 49.9 Å². The van der Waals surface area contributed by atoms with Crippen molar-refractivity contribution in [2.75, 3.05) is 5.32 Å². The zero-order valence-corrected chi connectivity index (χ0v) is 15.6. The molecule has 0 fully saturated rings. The van der Waals surface area contributed by atoms with Crippen LogP contribution < -0.4 is 10.0 Å². The molecule has 2 N–H and O–H groups in total. The maximum atomic E-state index is 12.7. The quantitative estimate of drug-likeness (QED) is 0.796. The van der Waals surface area contributed by atoms with Gasteiger partial charge in [0.05, 0.1) is 4.90 Å². The summed E-state index contributed by atoms with van der Waals surface area (Å²) >= 11 is 0. The highest BCUT2D eigenvalue weighted by atomic mass is 32.2. The standard InChI is InChI=1S/C19H24N2O3S/c1-14-9-12-18(20-16(3)22)13-19(14)25(23,24)21-15(2)10-11-17-7-5-4-6-8-17/h4-9,12-13,15,21H,10-11H2,1-3H3,(H,20,22). The number of sulfonamides is 1. The van der Waals surface area contributed by atoms with Crippen LogP contribution in [0.3, 0.4) is 0 Å². The van der Waals surface area contributed by atoms with Crippen LogP contribution in [-0.2, 0) is 21.2 Å². The zero-order valence-electron chi connectivity index (χ0n) is 14.7. The van der Waals surface area contributed by atoms with Crippen LogP contribution in [0.4, 0.5) is 5.69 Å². The fourth-order valence-corrected chi connectivity index (χ4v) is 4.13. The van der Waals surface area contributed by atoms with Crippen molar-refractivity contribution in [3.8, 4) is 0 Å². The predicted octanol–water partition coefficient (Wildman–Crippen LogP) is 3.25. The Bertz CT molecular complexity index is 833. The molecule has 2 aromatic carbocycles. The Morgan fingerprint density at radius 1 is 1.12 bits per heavy atom. The summed E-state index contributed by atoms with van der Waals surface area (Å²) in [7, 11) is -3.65. The van der Waals surface area contributed by atoms with E-state index in [9.17, 15) is 13.2 Å². The Morgan fingerprint density at radius 2 is 1.80 bits per heavy atom. The summed E-state index contributed by atoms with van der Waals surface area (Å²) in [5.74, 6) is -0.239. The molecule has 0 aliphatic carbocycles. The monoisotopic (exact) mass is 360 g/mol. The SMILES string of the molecule is CC(=O)Nc1ccc(C)c(S(=O)(=O)NC(C)CCc2ccccc2)c1. The van der Waals surface area contributed by atoms with Crippen molar-refractivity contribution in [3.05, 3.63) is 59.7 Å². The van der Waals surface area contributed by atoms with Gasteiger partial charge in [0.2, 0.25) is 15.9 Å². The minimum absolute atomic E-state index is 0.185. The Labute approximate surface area is 149 Å². The third-order valence-electron chi connectivity index (χ3n) is 3.86. The van der Waals surface area contributed by atoms with E-state index in [1.165, 1.54) is 18.6 Å². The lowest BCUT2D eigenvalue weighted by Crippen LogP contribution is -2.33. The van der Waals surface area contributed by atoms with Crippen LogP contribution in [0, 0.1) is 6.92 Å². The molecule has 0 saturated carbocycles.